The van der Waals surface area contributed by atoms with Crippen LogP contribution in [-0.2, 0) is 9.59 Å². The standard InChI is InChI=1S/C22H20ClN3O3S/c1-13-18(23)4-3-5-19(13)25-21(28)12-30-22-17(11-24)16(10-20(27)26-22)14-6-8-15(29-2)9-7-14/h3-9,16H,10,12H2,1-2H3,(H,25,28)(H,26,27)/t16-/m1/s1. The molecule has 154 valence electrons. The molecule has 0 aromatic heterocycles. The molecule has 8 heteroatoms. The summed E-state index contributed by atoms with van der Waals surface area (Å²) in [4.78, 5) is 24.7. The Hall–Kier alpha value is -2.95. The zero-order chi connectivity index (χ0) is 21.7. The summed E-state index contributed by atoms with van der Waals surface area (Å²) in [6.45, 7) is 1.82. The third kappa shape index (κ3) is 4.96. The van der Waals surface area contributed by atoms with Crippen LogP contribution in [0.2, 0.25) is 5.02 Å². The van der Waals surface area contributed by atoms with E-state index in [4.69, 9.17) is 16.3 Å². The first-order valence-corrected chi connectivity index (χ1v) is 10.5. The molecule has 2 aromatic carbocycles. The largest absolute Gasteiger partial charge is 0.497 e. The van der Waals surface area contributed by atoms with Gasteiger partial charge in [0.2, 0.25) is 11.8 Å². The molecule has 0 unspecified atom stereocenters. The summed E-state index contributed by atoms with van der Waals surface area (Å²) in [6, 6.07) is 14.8. The quantitative estimate of drug-likeness (QED) is 0.694. The second-order valence-electron chi connectivity index (χ2n) is 6.68. The van der Waals surface area contributed by atoms with E-state index in [0.29, 0.717) is 27.1 Å². The van der Waals surface area contributed by atoms with E-state index < -0.39 is 0 Å². The molecule has 2 N–H and O–H groups in total. The van der Waals surface area contributed by atoms with Crippen molar-refractivity contribution in [3.05, 3.63) is 69.2 Å². The summed E-state index contributed by atoms with van der Waals surface area (Å²) in [5.41, 5.74) is 2.70. The van der Waals surface area contributed by atoms with Gasteiger partial charge in [-0.2, -0.15) is 5.26 Å². The highest BCUT2D eigenvalue weighted by atomic mass is 35.5. The van der Waals surface area contributed by atoms with Gasteiger partial charge >= 0.3 is 0 Å². The molecule has 0 aliphatic carbocycles. The number of halogens is 1. The Morgan fingerprint density at radius 1 is 1.33 bits per heavy atom. The van der Waals surface area contributed by atoms with Gasteiger partial charge in [-0.05, 0) is 42.3 Å². The van der Waals surface area contributed by atoms with E-state index in [1.807, 2.05) is 19.1 Å². The van der Waals surface area contributed by atoms with Gasteiger partial charge in [0.05, 0.1) is 29.5 Å². The average Bonchev–Trinajstić information content (AvgIpc) is 2.75. The second-order valence-corrected chi connectivity index (χ2v) is 8.07. The highest BCUT2D eigenvalue weighted by Gasteiger charge is 2.30. The zero-order valence-electron chi connectivity index (χ0n) is 16.5. The number of thioether (sulfide) groups is 1. The van der Waals surface area contributed by atoms with Crippen molar-refractivity contribution in [2.45, 2.75) is 19.3 Å². The maximum Gasteiger partial charge on any atom is 0.234 e. The lowest BCUT2D eigenvalue weighted by atomic mass is 9.87. The summed E-state index contributed by atoms with van der Waals surface area (Å²) < 4.78 is 5.17. The molecule has 0 radical (unpaired) electrons. The number of hydrogen-bond acceptors (Lipinski definition) is 5. The summed E-state index contributed by atoms with van der Waals surface area (Å²) in [5, 5.41) is 16.3. The Morgan fingerprint density at radius 3 is 2.73 bits per heavy atom. The summed E-state index contributed by atoms with van der Waals surface area (Å²) in [7, 11) is 1.58. The number of carbonyl (C=O) groups is 2. The fourth-order valence-electron chi connectivity index (χ4n) is 3.12. The SMILES string of the molecule is COc1ccc([C@H]2CC(=O)NC(SCC(=O)Nc3cccc(Cl)c3C)=C2C#N)cc1. The molecule has 2 aromatic rings. The molecular weight excluding hydrogens is 422 g/mol. The lowest BCUT2D eigenvalue weighted by molar-refractivity contribution is -0.121. The zero-order valence-corrected chi connectivity index (χ0v) is 18.1. The van der Waals surface area contributed by atoms with Crippen molar-refractivity contribution in [3.63, 3.8) is 0 Å². The summed E-state index contributed by atoms with van der Waals surface area (Å²) in [5.74, 6) is -0.0684. The van der Waals surface area contributed by atoms with Crippen molar-refractivity contribution in [1.82, 2.24) is 5.32 Å². The third-order valence-corrected chi connectivity index (χ3v) is 6.19. The minimum atomic E-state index is -0.365. The van der Waals surface area contributed by atoms with Gasteiger partial charge in [0.1, 0.15) is 5.75 Å². The molecule has 1 aliphatic heterocycles. The Balaban J connectivity index is 1.76. The molecule has 2 amide bonds. The van der Waals surface area contributed by atoms with E-state index in [-0.39, 0.29) is 29.9 Å². The molecule has 0 spiro atoms. The van der Waals surface area contributed by atoms with Gasteiger partial charge in [-0.25, -0.2) is 0 Å². The van der Waals surface area contributed by atoms with Gasteiger partial charge in [-0.3, -0.25) is 9.59 Å². The van der Waals surface area contributed by atoms with Crippen LogP contribution in [0.3, 0.4) is 0 Å². The second kappa shape index (κ2) is 9.70. The number of anilines is 1. The van der Waals surface area contributed by atoms with Crippen molar-refractivity contribution in [3.8, 4) is 11.8 Å². The first-order valence-electron chi connectivity index (χ1n) is 9.18. The molecule has 1 heterocycles. The Bertz CT molecular complexity index is 1040. The lowest BCUT2D eigenvalue weighted by Gasteiger charge is -2.25. The number of hydrogen-bond donors (Lipinski definition) is 2. The van der Waals surface area contributed by atoms with E-state index in [1.165, 1.54) is 0 Å². The maximum absolute atomic E-state index is 12.4. The molecule has 1 aliphatic rings. The van der Waals surface area contributed by atoms with Gasteiger partial charge in [0.15, 0.2) is 0 Å². The number of benzene rings is 2. The van der Waals surface area contributed by atoms with Gasteiger partial charge in [-0.15, -0.1) is 0 Å². The Morgan fingerprint density at radius 2 is 2.07 bits per heavy atom. The topological polar surface area (TPSA) is 91.2 Å². The maximum atomic E-state index is 12.4. The fraction of sp³-hybridized carbons (Fsp3) is 0.227. The van der Waals surface area contributed by atoms with E-state index in [1.54, 1.807) is 37.4 Å². The molecule has 3 rings (SSSR count). The molecule has 0 fully saturated rings. The van der Waals surface area contributed by atoms with Crippen LogP contribution in [0.25, 0.3) is 0 Å². The molecule has 0 saturated carbocycles. The monoisotopic (exact) mass is 441 g/mol. The number of methoxy groups -OCH3 is 1. The van der Waals surface area contributed by atoms with E-state index in [2.05, 4.69) is 16.7 Å². The Labute approximate surface area is 184 Å². The number of carbonyl (C=O) groups excluding carboxylic acids is 2. The number of amides is 2. The molecule has 0 saturated heterocycles. The molecule has 6 nitrogen and oxygen atoms in total. The minimum absolute atomic E-state index is 0.0437. The smallest absolute Gasteiger partial charge is 0.234 e. The number of rotatable bonds is 6. The number of nitriles is 1. The molecule has 0 bridgehead atoms. The highest BCUT2D eigenvalue weighted by molar-refractivity contribution is 8.03. The normalized spacial score (nSPS) is 15.9. The van der Waals surface area contributed by atoms with Crippen LogP contribution in [0.4, 0.5) is 5.69 Å². The molecule has 30 heavy (non-hydrogen) atoms. The average molecular weight is 442 g/mol. The van der Waals surface area contributed by atoms with Crippen molar-refractivity contribution < 1.29 is 14.3 Å². The van der Waals surface area contributed by atoms with Crippen LogP contribution in [-0.4, -0.2) is 24.7 Å². The van der Waals surface area contributed by atoms with Gasteiger partial charge in [0, 0.05) is 23.0 Å². The molecular formula is C22H20ClN3O3S. The van der Waals surface area contributed by atoms with E-state index in [0.717, 1.165) is 22.9 Å². The predicted octanol–water partition coefficient (Wildman–Crippen LogP) is 4.37. The van der Waals surface area contributed by atoms with Crippen molar-refractivity contribution in [2.75, 3.05) is 18.2 Å². The summed E-state index contributed by atoms with van der Waals surface area (Å²) >= 11 is 7.22. The van der Waals surface area contributed by atoms with Crippen LogP contribution < -0.4 is 15.4 Å². The van der Waals surface area contributed by atoms with Crippen LogP contribution >= 0.6 is 23.4 Å². The van der Waals surface area contributed by atoms with Gasteiger partial charge in [0.25, 0.3) is 0 Å². The summed E-state index contributed by atoms with van der Waals surface area (Å²) in [6.07, 6.45) is 0.174. The van der Waals surface area contributed by atoms with Crippen LogP contribution in [0.1, 0.15) is 23.5 Å². The number of allylic oxidation sites excluding steroid dienone is 1. The van der Waals surface area contributed by atoms with Crippen molar-refractivity contribution >= 4 is 40.9 Å². The number of ether oxygens (including phenoxy) is 1. The lowest BCUT2D eigenvalue weighted by Crippen LogP contribution is -2.31. The van der Waals surface area contributed by atoms with Gasteiger partial charge in [-0.1, -0.05) is 41.6 Å². The molecule has 1 atom stereocenters. The van der Waals surface area contributed by atoms with Crippen LogP contribution in [0.15, 0.2) is 53.1 Å². The van der Waals surface area contributed by atoms with E-state index in [9.17, 15) is 14.9 Å². The predicted molar refractivity (Wildman–Crippen MR) is 118 cm³/mol. The first kappa shape index (κ1) is 21.8. The third-order valence-electron chi connectivity index (χ3n) is 4.76. The number of nitrogens with zero attached hydrogens (tertiary/aromatic N) is 1. The van der Waals surface area contributed by atoms with Crippen LogP contribution in [0.5, 0.6) is 5.75 Å². The number of nitrogens with one attached hydrogen (secondary N) is 2. The van der Waals surface area contributed by atoms with Crippen molar-refractivity contribution in [2.24, 2.45) is 0 Å². The van der Waals surface area contributed by atoms with Gasteiger partial charge < -0.3 is 15.4 Å². The Kier molecular flexibility index (Phi) is 7.03. The highest BCUT2D eigenvalue weighted by Crippen LogP contribution is 2.36. The van der Waals surface area contributed by atoms with E-state index >= 15 is 0 Å². The fourth-order valence-corrected chi connectivity index (χ4v) is 4.17. The van der Waals surface area contributed by atoms with Crippen molar-refractivity contribution in [1.29, 1.82) is 5.26 Å². The minimum Gasteiger partial charge on any atom is -0.497 e. The first-order chi connectivity index (χ1) is 14.4. The van der Waals surface area contributed by atoms with Crippen LogP contribution in [0, 0.1) is 18.3 Å².